The van der Waals surface area contributed by atoms with Crippen LogP contribution in [-0.2, 0) is 0 Å². The number of nitrogens with zero attached hydrogens (tertiary/aromatic N) is 1. The molecule has 0 saturated heterocycles. The van der Waals surface area contributed by atoms with Crippen LogP contribution in [-0.4, -0.2) is 6.21 Å². The smallest absolute Gasteiger partial charge is 0.0389 e. The van der Waals surface area contributed by atoms with Crippen LogP contribution in [0.15, 0.2) is 28.9 Å². The number of aliphatic imine (C=N–C) groups is 1. The van der Waals surface area contributed by atoms with Crippen molar-refractivity contribution in [1.29, 1.82) is 0 Å². The van der Waals surface area contributed by atoms with E-state index >= 15 is 0 Å². The van der Waals surface area contributed by atoms with Gasteiger partial charge in [-0.15, -0.1) is 0 Å². The van der Waals surface area contributed by atoms with Crippen molar-refractivity contribution in [1.82, 2.24) is 0 Å². The minimum Gasteiger partial charge on any atom is -0.261 e. The number of hydrogen-bond acceptors (Lipinski definition) is 1. The van der Waals surface area contributed by atoms with Crippen molar-refractivity contribution >= 4 is 6.21 Å². The number of allylic oxidation sites excluding steroid dienone is 3. The molecule has 0 fully saturated rings. The summed E-state index contributed by atoms with van der Waals surface area (Å²) in [6, 6.07) is 0. The highest BCUT2D eigenvalue weighted by Crippen LogP contribution is 2.11. The zero-order valence-electron chi connectivity index (χ0n) is 7.72. The van der Waals surface area contributed by atoms with Crippen LogP contribution in [0, 0.1) is 0 Å². The van der Waals surface area contributed by atoms with Crippen molar-refractivity contribution in [2.24, 2.45) is 4.99 Å². The molecule has 0 unspecified atom stereocenters. The maximum Gasteiger partial charge on any atom is 0.0389 e. The Morgan fingerprint density at radius 2 is 2.00 bits per heavy atom. The van der Waals surface area contributed by atoms with Crippen molar-refractivity contribution in [3.63, 3.8) is 0 Å². The van der Waals surface area contributed by atoms with E-state index in [9.17, 15) is 0 Å². The molecule has 0 atom stereocenters. The van der Waals surface area contributed by atoms with E-state index in [1.165, 1.54) is 11.3 Å². The summed E-state index contributed by atoms with van der Waals surface area (Å²) in [4.78, 5) is 4.27. The SMILES string of the molecule is C=CC=N/C(CC)=C(\C)CC. The van der Waals surface area contributed by atoms with Crippen LogP contribution in [0.3, 0.4) is 0 Å². The molecule has 11 heavy (non-hydrogen) atoms. The fourth-order valence-corrected chi connectivity index (χ4v) is 0.850. The minimum atomic E-state index is 1.00. The molecule has 0 saturated carbocycles. The zero-order chi connectivity index (χ0) is 8.69. The van der Waals surface area contributed by atoms with Gasteiger partial charge in [-0.05, 0) is 19.8 Å². The molecule has 0 rings (SSSR count). The maximum atomic E-state index is 4.27. The van der Waals surface area contributed by atoms with Crippen molar-refractivity contribution in [2.75, 3.05) is 0 Å². The van der Waals surface area contributed by atoms with E-state index in [0.717, 1.165) is 12.8 Å². The largest absolute Gasteiger partial charge is 0.261 e. The third-order valence-electron chi connectivity index (χ3n) is 1.69. The molecule has 1 heteroatoms. The lowest BCUT2D eigenvalue weighted by Gasteiger charge is -2.01. The summed E-state index contributed by atoms with van der Waals surface area (Å²) in [5, 5.41) is 0. The summed E-state index contributed by atoms with van der Waals surface area (Å²) in [7, 11) is 0. The third-order valence-corrected chi connectivity index (χ3v) is 1.69. The lowest BCUT2D eigenvalue weighted by Crippen LogP contribution is -1.83. The number of rotatable bonds is 4. The summed E-state index contributed by atoms with van der Waals surface area (Å²) in [6.07, 6.45) is 5.54. The van der Waals surface area contributed by atoms with Crippen LogP contribution in [0.1, 0.15) is 33.6 Å². The van der Waals surface area contributed by atoms with Gasteiger partial charge in [0.25, 0.3) is 0 Å². The van der Waals surface area contributed by atoms with Crippen molar-refractivity contribution in [3.05, 3.63) is 23.9 Å². The summed E-state index contributed by atoms with van der Waals surface area (Å²) in [6.45, 7) is 9.97. The Balaban J connectivity index is 4.37. The normalized spacial score (nSPS) is 13.4. The molecule has 0 aromatic carbocycles. The standard InChI is InChI=1S/C10H17N/c1-5-8-11-10(7-3)9(4)6-2/h5,8H,1,6-7H2,2-4H3/b10-9+,11-8?. The van der Waals surface area contributed by atoms with Crippen LogP contribution in [0.25, 0.3) is 0 Å². The summed E-state index contributed by atoms with van der Waals surface area (Å²) < 4.78 is 0. The summed E-state index contributed by atoms with van der Waals surface area (Å²) >= 11 is 0. The molecule has 0 bridgehead atoms. The highest BCUT2D eigenvalue weighted by atomic mass is 14.7. The van der Waals surface area contributed by atoms with Crippen molar-refractivity contribution < 1.29 is 0 Å². The molecule has 0 aromatic rings. The predicted octanol–water partition coefficient (Wildman–Crippen LogP) is 3.34. The number of hydrogen-bond donors (Lipinski definition) is 0. The Labute approximate surface area is 69.5 Å². The molecule has 0 aromatic heterocycles. The second-order valence-corrected chi connectivity index (χ2v) is 2.45. The van der Waals surface area contributed by atoms with Gasteiger partial charge in [0.15, 0.2) is 0 Å². The fraction of sp³-hybridized carbons (Fsp3) is 0.500. The van der Waals surface area contributed by atoms with E-state index in [2.05, 4.69) is 32.3 Å². The molecule has 0 spiro atoms. The quantitative estimate of drug-likeness (QED) is 0.546. The Morgan fingerprint density at radius 3 is 2.36 bits per heavy atom. The molecule has 0 amide bonds. The molecule has 0 N–H and O–H groups in total. The average molecular weight is 151 g/mol. The minimum absolute atomic E-state index is 1.00. The van der Waals surface area contributed by atoms with Gasteiger partial charge in [-0.3, -0.25) is 4.99 Å². The monoisotopic (exact) mass is 151 g/mol. The van der Waals surface area contributed by atoms with E-state index in [-0.39, 0.29) is 0 Å². The molecular weight excluding hydrogens is 134 g/mol. The molecule has 0 aliphatic carbocycles. The van der Waals surface area contributed by atoms with Crippen molar-refractivity contribution in [2.45, 2.75) is 33.6 Å². The molecule has 0 radical (unpaired) electrons. The second-order valence-electron chi connectivity index (χ2n) is 2.45. The first-order valence-electron chi connectivity index (χ1n) is 4.09. The van der Waals surface area contributed by atoms with Crippen LogP contribution in [0.5, 0.6) is 0 Å². The van der Waals surface area contributed by atoms with E-state index < -0.39 is 0 Å². The topological polar surface area (TPSA) is 12.4 Å². The lowest BCUT2D eigenvalue weighted by molar-refractivity contribution is 0.969. The van der Waals surface area contributed by atoms with Crippen molar-refractivity contribution in [3.8, 4) is 0 Å². The first-order chi connectivity index (χ1) is 5.26. The molecule has 0 aliphatic rings. The first kappa shape index (κ1) is 10.2. The van der Waals surface area contributed by atoms with Gasteiger partial charge in [-0.25, -0.2) is 0 Å². The predicted molar refractivity (Wildman–Crippen MR) is 52.0 cm³/mol. The lowest BCUT2D eigenvalue weighted by atomic mass is 10.1. The van der Waals surface area contributed by atoms with Gasteiger partial charge < -0.3 is 0 Å². The van der Waals surface area contributed by atoms with E-state index in [1.807, 2.05) is 0 Å². The fourth-order valence-electron chi connectivity index (χ4n) is 0.850. The second kappa shape index (κ2) is 5.90. The van der Waals surface area contributed by atoms with Crippen LogP contribution in [0.4, 0.5) is 0 Å². The molecule has 1 nitrogen and oxygen atoms in total. The van der Waals surface area contributed by atoms with Gasteiger partial charge in [-0.1, -0.05) is 32.1 Å². The van der Waals surface area contributed by atoms with Crippen LogP contribution < -0.4 is 0 Å². The van der Waals surface area contributed by atoms with Gasteiger partial charge in [0.1, 0.15) is 0 Å². The average Bonchev–Trinajstić information content (AvgIpc) is 2.05. The Morgan fingerprint density at radius 1 is 1.36 bits per heavy atom. The molecule has 62 valence electrons. The summed E-state index contributed by atoms with van der Waals surface area (Å²) in [5.74, 6) is 0. The van der Waals surface area contributed by atoms with E-state index in [4.69, 9.17) is 0 Å². The van der Waals surface area contributed by atoms with E-state index in [0.29, 0.717) is 0 Å². The van der Waals surface area contributed by atoms with E-state index in [1.54, 1.807) is 12.3 Å². The van der Waals surface area contributed by atoms with Gasteiger partial charge >= 0.3 is 0 Å². The van der Waals surface area contributed by atoms with Gasteiger partial charge in [0, 0.05) is 11.9 Å². The zero-order valence-corrected chi connectivity index (χ0v) is 7.72. The third kappa shape index (κ3) is 3.76. The maximum absolute atomic E-state index is 4.27. The van der Waals surface area contributed by atoms with Gasteiger partial charge in [0.05, 0.1) is 0 Å². The molecule has 0 heterocycles. The Bertz CT molecular complexity index is 175. The Hall–Kier alpha value is -0.850. The van der Waals surface area contributed by atoms with Gasteiger partial charge in [0.2, 0.25) is 0 Å². The van der Waals surface area contributed by atoms with Crippen LogP contribution in [0.2, 0.25) is 0 Å². The molecule has 0 aliphatic heterocycles. The Kier molecular flexibility index (Phi) is 5.44. The highest BCUT2D eigenvalue weighted by molar-refractivity contribution is 5.71. The molecular formula is C10H17N. The van der Waals surface area contributed by atoms with Gasteiger partial charge in [-0.2, -0.15) is 0 Å². The first-order valence-corrected chi connectivity index (χ1v) is 4.09. The highest BCUT2D eigenvalue weighted by Gasteiger charge is 1.93. The van der Waals surface area contributed by atoms with Crippen LogP contribution >= 0.6 is 0 Å². The summed E-state index contributed by atoms with van der Waals surface area (Å²) in [5.41, 5.74) is 2.55.